The zero-order valence-corrected chi connectivity index (χ0v) is 12.8. The number of rotatable bonds is 2. The lowest BCUT2D eigenvalue weighted by atomic mass is 10.1. The Bertz CT molecular complexity index is 1010. The van der Waals surface area contributed by atoms with Gasteiger partial charge in [-0.05, 0) is 24.6 Å². The van der Waals surface area contributed by atoms with Gasteiger partial charge < -0.3 is 5.11 Å². The Morgan fingerprint density at radius 3 is 2.04 bits per heavy atom. The molecular formula is C20H16N2O. The van der Waals surface area contributed by atoms with E-state index >= 15 is 0 Å². The lowest BCUT2D eigenvalue weighted by Crippen LogP contribution is -1.90. The second-order valence-electron chi connectivity index (χ2n) is 5.71. The molecule has 0 bridgehead atoms. The number of aliphatic hydroxyl groups excluding tert-OH is 1. The predicted octanol–water partition coefficient (Wildman–Crippen LogP) is 4.25. The number of nitrogens with zero attached hydrogens (tertiary/aromatic N) is 2. The van der Waals surface area contributed by atoms with Crippen molar-refractivity contribution in [1.82, 2.24) is 9.97 Å². The molecule has 4 aromatic rings. The standard InChI is InChI=1S/C20H16N2O/c1-13-2-5-16-8-9-17-10-11-18(22-20(17)19(16)21-13)15-6-3-14(12-23)4-7-15/h2-11,23H,12H2,1H3. The van der Waals surface area contributed by atoms with E-state index < -0.39 is 0 Å². The van der Waals surface area contributed by atoms with E-state index in [2.05, 4.69) is 29.2 Å². The molecule has 2 aromatic heterocycles. The summed E-state index contributed by atoms with van der Waals surface area (Å²) in [6.07, 6.45) is 0. The van der Waals surface area contributed by atoms with Gasteiger partial charge in [0, 0.05) is 22.0 Å². The van der Waals surface area contributed by atoms with Crippen molar-refractivity contribution in [2.75, 3.05) is 0 Å². The number of hydrogen-bond acceptors (Lipinski definition) is 3. The number of aryl methyl sites for hydroxylation is 1. The van der Waals surface area contributed by atoms with Crippen LogP contribution in [-0.4, -0.2) is 15.1 Å². The van der Waals surface area contributed by atoms with Crippen molar-refractivity contribution in [3.05, 3.63) is 71.9 Å². The number of aliphatic hydroxyl groups is 1. The summed E-state index contributed by atoms with van der Waals surface area (Å²) in [6.45, 7) is 2.05. The molecule has 0 aliphatic rings. The molecule has 2 aromatic carbocycles. The Balaban J connectivity index is 1.94. The molecule has 2 heterocycles. The van der Waals surface area contributed by atoms with E-state index in [0.717, 1.165) is 44.3 Å². The highest BCUT2D eigenvalue weighted by atomic mass is 16.3. The van der Waals surface area contributed by atoms with E-state index in [1.807, 2.05) is 43.3 Å². The normalized spacial score (nSPS) is 11.2. The quantitative estimate of drug-likeness (QED) is 0.563. The molecule has 0 unspecified atom stereocenters. The van der Waals surface area contributed by atoms with Crippen molar-refractivity contribution in [1.29, 1.82) is 0 Å². The summed E-state index contributed by atoms with van der Waals surface area (Å²) in [5.74, 6) is 0. The fourth-order valence-corrected chi connectivity index (χ4v) is 2.81. The number of pyridine rings is 2. The van der Waals surface area contributed by atoms with E-state index in [4.69, 9.17) is 10.1 Å². The highest BCUT2D eigenvalue weighted by Crippen LogP contribution is 2.26. The van der Waals surface area contributed by atoms with Gasteiger partial charge in [0.05, 0.1) is 23.3 Å². The summed E-state index contributed by atoms with van der Waals surface area (Å²) in [4.78, 5) is 9.52. The predicted molar refractivity (Wildman–Crippen MR) is 93.1 cm³/mol. The number of aromatic nitrogens is 2. The highest BCUT2D eigenvalue weighted by molar-refractivity contribution is 6.03. The second kappa shape index (κ2) is 5.45. The van der Waals surface area contributed by atoms with Gasteiger partial charge in [-0.1, -0.05) is 48.5 Å². The third-order valence-corrected chi connectivity index (χ3v) is 4.09. The van der Waals surface area contributed by atoms with Crippen LogP contribution in [0, 0.1) is 6.92 Å². The van der Waals surface area contributed by atoms with E-state index in [9.17, 15) is 0 Å². The molecule has 23 heavy (non-hydrogen) atoms. The topological polar surface area (TPSA) is 46.0 Å². The summed E-state index contributed by atoms with van der Waals surface area (Å²) >= 11 is 0. The Morgan fingerprint density at radius 1 is 0.739 bits per heavy atom. The zero-order valence-electron chi connectivity index (χ0n) is 12.8. The Morgan fingerprint density at radius 2 is 1.35 bits per heavy atom. The molecule has 0 radical (unpaired) electrons. The average molecular weight is 300 g/mol. The molecule has 0 aliphatic heterocycles. The summed E-state index contributed by atoms with van der Waals surface area (Å²) in [6, 6.07) is 20.2. The van der Waals surface area contributed by atoms with Crippen molar-refractivity contribution in [3.8, 4) is 11.3 Å². The molecule has 0 spiro atoms. The van der Waals surface area contributed by atoms with Crippen LogP contribution in [0.5, 0.6) is 0 Å². The number of hydrogen-bond donors (Lipinski definition) is 1. The third kappa shape index (κ3) is 2.45. The van der Waals surface area contributed by atoms with Crippen LogP contribution in [0.3, 0.4) is 0 Å². The Hall–Kier alpha value is -2.78. The fraction of sp³-hybridized carbons (Fsp3) is 0.100. The van der Waals surface area contributed by atoms with Crippen molar-refractivity contribution >= 4 is 21.8 Å². The van der Waals surface area contributed by atoms with Crippen molar-refractivity contribution in [2.24, 2.45) is 0 Å². The molecule has 3 nitrogen and oxygen atoms in total. The first kappa shape index (κ1) is 13.9. The summed E-state index contributed by atoms with van der Waals surface area (Å²) < 4.78 is 0. The van der Waals surface area contributed by atoms with Gasteiger partial charge in [-0.2, -0.15) is 0 Å². The zero-order chi connectivity index (χ0) is 15.8. The summed E-state index contributed by atoms with van der Waals surface area (Å²) in [7, 11) is 0. The number of benzene rings is 2. The van der Waals surface area contributed by atoms with Crippen LogP contribution >= 0.6 is 0 Å². The van der Waals surface area contributed by atoms with Crippen LogP contribution in [0.25, 0.3) is 33.1 Å². The van der Waals surface area contributed by atoms with Gasteiger partial charge in [0.2, 0.25) is 0 Å². The van der Waals surface area contributed by atoms with Gasteiger partial charge in [0.15, 0.2) is 0 Å². The minimum absolute atomic E-state index is 0.0548. The van der Waals surface area contributed by atoms with Crippen molar-refractivity contribution < 1.29 is 5.11 Å². The largest absolute Gasteiger partial charge is 0.392 e. The van der Waals surface area contributed by atoms with Crippen LogP contribution in [0.15, 0.2) is 60.7 Å². The molecule has 1 N–H and O–H groups in total. The molecule has 0 atom stereocenters. The van der Waals surface area contributed by atoms with Gasteiger partial charge in [-0.25, -0.2) is 4.98 Å². The maximum atomic E-state index is 9.16. The van der Waals surface area contributed by atoms with Crippen LogP contribution in [0.4, 0.5) is 0 Å². The first-order valence-electron chi connectivity index (χ1n) is 7.62. The first-order valence-corrected chi connectivity index (χ1v) is 7.62. The monoisotopic (exact) mass is 300 g/mol. The highest BCUT2D eigenvalue weighted by Gasteiger charge is 2.07. The molecule has 0 saturated carbocycles. The smallest absolute Gasteiger partial charge is 0.0972 e. The average Bonchev–Trinajstić information content (AvgIpc) is 2.61. The fourth-order valence-electron chi connectivity index (χ4n) is 2.81. The van der Waals surface area contributed by atoms with Crippen LogP contribution in [0.1, 0.15) is 11.3 Å². The second-order valence-corrected chi connectivity index (χ2v) is 5.71. The van der Waals surface area contributed by atoms with E-state index in [-0.39, 0.29) is 6.61 Å². The molecule has 4 rings (SSSR count). The van der Waals surface area contributed by atoms with Gasteiger partial charge in [-0.3, -0.25) is 4.98 Å². The van der Waals surface area contributed by atoms with Crippen LogP contribution < -0.4 is 0 Å². The number of fused-ring (bicyclic) bond motifs is 3. The molecule has 0 aliphatic carbocycles. The molecule has 0 amide bonds. The minimum atomic E-state index is 0.0548. The molecule has 112 valence electrons. The van der Waals surface area contributed by atoms with Gasteiger partial charge in [0.25, 0.3) is 0 Å². The van der Waals surface area contributed by atoms with Gasteiger partial charge >= 0.3 is 0 Å². The van der Waals surface area contributed by atoms with E-state index in [1.54, 1.807) is 0 Å². The summed E-state index contributed by atoms with van der Waals surface area (Å²) in [5.41, 5.74) is 5.71. The first-order chi connectivity index (χ1) is 11.2. The van der Waals surface area contributed by atoms with Crippen LogP contribution in [-0.2, 0) is 6.61 Å². The Kier molecular flexibility index (Phi) is 3.28. The maximum Gasteiger partial charge on any atom is 0.0972 e. The SMILES string of the molecule is Cc1ccc2ccc3ccc(-c4ccc(CO)cc4)nc3c2n1. The Labute approximate surface area is 134 Å². The van der Waals surface area contributed by atoms with Gasteiger partial charge in [0.1, 0.15) is 0 Å². The maximum absolute atomic E-state index is 9.16. The van der Waals surface area contributed by atoms with Crippen LogP contribution in [0.2, 0.25) is 0 Å². The minimum Gasteiger partial charge on any atom is -0.392 e. The molecule has 0 fully saturated rings. The molecule has 0 saturated heterocycles. The van der Waals surface area contributed by atoms with Gasteiger partial charge in [-0.15, -0.1) is 0 Å². The molecular weight excluding hydrogens is 284 g/mol. The summed E-state index contributed by atoms with van der Waals surface area (Å²) in [5, 5.41) is 11.4. The lowest BCUT2D eigenvalue weighted by molar-refractivity contribution is 0.282. The third-order valence-electron chi connectivity index (χ3n) is 4.09. The lowest BCUT2D eigenvalue weighted by Gasteiger charge is -2.07. The van der Waals surface area contributed by atoms with Crippen molar-refractivity contribution in [2.45, 2.75) is 13.5 Å². The molecule has 3 heteroatoms. The van der Waals surface area contributed by atoms with E-state index in [0.29, 0.717) is 0 Å². The van der Waals surface area contributed by atoms with E-state index in [1.165, 1.54) is 0 Å². The van der Waals surface area contributed by atoms with Crippen molar-refractivity contribution in [3.63, 3.8) is 0 Å².